The topological polar surface area (TPSA) is 54.2 Å². The third-order valence-corrected chi connectivity index (χ3v) is 5.32. The normalized spacial score (nSPS) is 15.6. The molecule has 0 saturated carbocycles. The second-order valence-corrected chi connectivity index (χ2v) is 7.49. The standard InChI is InChI=1S/C22H25FN4O/c1-16-6-8-18(9-7-16)15-27-12-10-17(11-13-27)14-24-22-25-21(26-28-22)19-4-2-3-5-20(19)23/h2-9,17H,10-15H2,1H3,(H,24,25,26). The molecule has 28 heavy (non-hydrogen) atoms. The summed E-state index contributed by atoms with van der Waals surface area (Å²) in [6.45, 7) is 6.09. The van der Waals surface area contributed by atoms with Gasteiger partial charge in [-0.05, 0) is 56.5 Å². The first-order chi connectivity index (χ1) is 13.7. The summed E-state index contributed by atoms with van der Waals surface area (Å²) in [5.74, 6) is 0.488. The molecule has 2 aromatic carbocycles. The summed E-state index contributed by atoms with van der Waals surface area (Å²) >= 11 is 0. The van der Waals surface area contributed by atoms with Crippen LogP contribution in [0.5, 0.6) is 0 Å². The third kappa shape index (κ3) is 4.57. The van der Waals surface area contributed by atoms with Crippen molar-refractivity contribution in [3.05, 3.63) is 65.5 Å². The van der Waals surface area contributed by atoms with Gasteiger partial charge in [-0.25, -0.2) is 4.39 Å². The van der Waals surface area contributed by atoms with Crippen molar-refractivity contribution in [1.29, 1.82) is 0 Å². The second kappa shape index (κ2) is 8.52. The van der Waals surface area contributed by atoms with Crippen molar-refractivity contribution >= 4 is 6.01 Å². The maximum atomic E-state index is 13.8. The lowest BCUT2D eigenvalue weighted by Crippen LogP contribution is -2.35. The molecular weight excluding hydrogens is 355 g/mol. The van der Waals surface area contributed by atoms with E-state index in [4.69, 9.17) is 4.52 Å². The SMILES string of the molecule is Cc1ccc(CN2CCC(CNc3nc(-c4ccccc4F)no3)CC2)cc1. The Labute approximate surface area is 164 Å². The molecule has 146 valence electrons. The summed E-state index contributed by atoms with van der Waals surface area (Å²) in [7, 11) is 0. The zero-order valence-electron chi connectivity index (χ0n) is 16.1. The Balaban J connectivity index is 1.25. The van der Waals surface area contributed by atoms with Gasteiger partial charge in [-0.15, -0.1) is 0 Å². The molecule has 0 spiro atoms. The molecule has 1 aromatic heterocycles. The van der Waals surface area contributed by atoms with Crippen LogP contribution in [0.15, 0.2) is 53.1 Å². The quantitative estimate of drug-likeness (QED) is 0.682. The molecule has 1 N–H and O–H groups in total. The molecular formula is C22H25FN4O. The van der Waals surface area contributed by atoms with Gasteiger partial charge in [0.25, 0.3) is 0 Å². The molecule has 2 heterocycles. The Morgan fingerprint density at radius 2 is 1.86 bits per heavy atom. The largest absolute Gasteiger partial charge is 0.337 e. The molecule has 0 amide bonds. The van der Waals surface area contributed by atoms with Gasteiger partial charge in [0.1, 0.15) is 5.82 Å². The average Bonchev–Trinajstić information content (AvgIpc) is 3.18. The number of hydrogen-bond acceptors (Lipinski definition) is 5. The second-order valence-electron chi connectivity index (χ2n) is 7.49. The van der Waals surface area contributed by atoms with Gasteiger partial charge < -0.3 is 9.84 Å². The predicted octanol–water partition coefficient (Wildman–Crippen LogP) is 4.51. The van der Waals surface area contributed by atoms with E-state index in [1.165, 1.54) is 17.2 Å². The van der Waals surface area contributed by atoms with Crippen molar-refractivity contribution in [3.8, 4) is 11.4 Å². The molecule has 3 aromatic rings. The van der Waals surface area contributed by atoms with Gasteiger partial charge in [-0.1, -0.05) is 47.1 Å². The van der Waals surface area contributed by atoms with Crippen molar-refractivity contribution in [2.75, 3.05) is 25.0 Å². The van der Waals surface area contributed by atoms with E-state index in [-0.39, 0.29) is 11.6 Å². The molecule has 4 rings (SSSR count). The molecule has 0 unspecified atom stereocenters. The van der Waals surface area contributed by atoms with Crippen molar-refractivity contribution in [2.45, 2.75) is 26.3 Å². The van der Waals surface area contributed by atoms with E-state index in [0.717, 1.165) is 39.0 Å². The van der Waals surface area contributed by atoms with E-state index >= 15 is 0 Å². The number of aryl methyl sites for hydroxylation is 1. The minimum absolute atomic E-state index is 0.272. The smallest absolute Gasteiger partial charge is 0.321 e. The highest BCUT2D eigenvalue weighted by atomic mass is 19.1. The summed E-state index contributed by atoms with van der Waals surface area (Å²) in [5, 5.41) is 7.09. The van der Waals surface area contributed by atoms with Crippen LogP contribution >= 0.6 is 0 Å². The number of rotatable bonds is 6. The van der Waals surface area contributed by atoms with Crippen molar-refractivity contribution < 1.29 is 8.91 Å². The molecule has 6 heteroatoms. The summed E-state index contributed by atoms with van der Waals surface area (Å²) in [6, 6.07) is 15.6. The van der Waals surface area contributed by atoms with Crippen molar-refractivity contribution in [2.24, 2.45) is 5.92 Å². The molecule has 5 nitrogen and oxygen atoms in total. The van der Waals surface area contributed by atoms with Crippen LogP contribution in [0.2, 0.25) is 0 Å². The minimum Gasteiger partial charge on any atom is -0.337 e. The summed E-state index contributed by atoms with van der Waals surface area (Å²) in [5.41, 5.74) is 3.02. The molecule has 0 atom stereocenters. The van der Waals surface area contributed by atoms with Crippen LogP contribution in [0.25, 0.3) is 11.4 Å². The number of piperidine rings is 1. The van der Waals surface area contributed by atoms with E-state index in [1.54, 1.807) is 18.2 Å². The molecule has 0 aliphatic carbocycles. The van der Waals surface area contributed by atoms with E-state index in [0.29, 0.717) is 17.5 Å². The van der Waals surface area contributed by atoms with Gasteiger partial charge in [-0.3, -0.25) is 4.90 Å². The Kier molecular flexibility index (Phi) is 5.67. The first-order valence-electron chi connectivity index (χ1n) is 9.78. The van der Waals surface area contributed by atoms with Crippen LogP contribution in [0, 0.1) is 18.7 Å². The summed E-state index contributed by atoms with van der Waals surface area (Å²) < 4.78 is 19.1. The molecule has 0 bridgehead atoms. The van der Waals surface area contributed by atoms with Crippen LogP contribution in [0.1, 0.15) is 24.0 Å². The van der Waals surface area contributed by atoms with Crippen LogP contribution < -0.4 is 5.32 Å². The fourth-order valence-corrected chi connectivity index (χ4v) is 3.58. The van der Waals surface area contributed by atoms with E-state index in [1.807, 2.05) is 0 Å². The Morgan fingerprint density at radius 1 is 1.11 bits per heavy atom. The van der Waals surface area contributed by atoms with E-state index < -0.39 is 0 Å². The first kappa shape index (κ1) is 18.6. The number of nitrogens with zero attached hydrogens (tertiary/aromatic N) is 3. The third-order valence-electron chi connectivity index (χ3n) is 5.32. The Morgan fingerprint density at radius 3 is 2.61 bits per heavy atom. The number of aromatic nitrogens is 2. The zero-order chi connectivity index (χ0) is 19.3. The Bertz CT molecular complexity index is 901. The number of likely N-dealkylation sites (tertiary alicyclic amines) is 1. The number of nitrogens with one attached hydrogen (secondary N) is 1. The number of halogens is 1. The molecule has 1 aliphatic heterocycles. The van der Waals surface area contributed by atoms with E-state index in [2.05, 4.69) is 51.5 Å². The number of anilines is 1. The van der Waals surface area contributed by atoms with Gasteiger partial charge in [0.2, 0.25) is 5.82 Å². The number of hydrogen-bond donors (Lipinski definition) is 1. The molecule has 1 saturated heterocycles. The van der Waals surface area contributed by atoms with Crippen molar-refractivity contribution in [1.82, 2.24) is 15.0 Å². The lowest BCUT2D eigenvalue weighted by Gasteiger charge is -2.31. The highest BCUT2D eigenvalue weighted by Gasteiger charge is 2.20. The maximum absolute atomic E-state index is 13.8. The molecule has 0 radical (unpaired) electrons. The molecule has 1 aliphatic rings. The first-order valence-corrected chi connectivity index (χ1v) is 9.78. The lowest BCUT2D eigenvalue weighted by atomic mass is 9.96. The van der Waals surface area contributed by atoms with Gasteiger partial charge in [-0.2, -0.15) is 4.98 Å². The van der Waals surface area contributed by atoms with Crippen LogP contribution in [0.3, 0.4) is 0 Å². The highest BCUT2D eigenvalue weighted by Crippen LogP contribution is 2.22. The number of benzene rings is 2. The zero-order valence-corrected chi connectivity index (χ0v) is 16.1. The maximum Gasteiger partial charge on any atom is 0.321 e. The van der Waals surface area contributed by atoms with Crippen LogP contribution in [-0.4, -0.2) is 34.7 Å². The van der Waals surface area contributed by atoms with E-state index in [9.17, 15) is 4.39 Å². The van der Waals surface area contributed by atoms with Gasteiger partial charge >= 0.3 is 6.01 Å². The van der Waals surface area contributed by atoms with Crippen LogP contribution in [-0.2, 0) is 6.54 Å². The van der Waals surface area contributed by atoms with Gasteiger partial charge in [0.05, 0.1) is 5.56 Å². The van der Waals surface area contributed by atoms with Gasteiger partial charge in [0, 0.05) is 13.1 Å². The average molecular weight is 380 g/mol. The summed E-state index contributed by atoms with van der Waals surface area (Å²) in [4.78, 5) is 6.77. The summed E-state index contributed by atoms with van der Waals surface area (Å²) in [6.07, 6.45) is 2.26. The highest BCUT2D eigenvalue weighted by molar-refractivity contribution is 5.56. The Hall–Kier alpha value is -2.73. The van der Waals surface area contributed by atoms with Gasteiger partial charge in [0.15, 0.2) is 0 Å². The fraction of sp³-hybridized carbons (Fsp3) is 0.364. The predicted molar refractivity (Wildman–Crippen MR) is 107 cm³/mol. The lowest BCUT2D eigenvalue weighted by molar-refractivity contribution is 0.182. The monoisotopic (exact) mass is 380 g/mol. The fourth-order valence-electron chi connectivity index (χ4n) is 3.58. The van der Waals surface area contributed by atoms with Crippen molar-refractivity contribution in [3.63, 3.8) is 0 Å². The van der Waals surface area contributed by atoms with Crippen LogP contribution in [0.4, 0.5) is 10.4 Å². The minimum atomic E-state index is -0.351. The molecule has 1 fully saturated rings.